The zero-order chi connectivity index (χ0) is 15.6. The van der Waals surface area contributed by atoms with Crippen molar-refractivity contribution in [1.29, 1.82) is 0 Å². The predicted molar refractivity (Wildman–Crippen MR) is 81.8 cm³/mol. The Labute approximate surface area is 125 Å². The Morgan fingerprint density at radius 2 is 2.00 bits per heavy atom. The standard InChI is InChI=1S/C16H23N3O2/c1-5-16(6-2)15(21)19(12-8-7-9-17-10-12)13(11(3)4)14(20)18-16/h7-11,13H,5-6H2,1-4H3,(H,18,20). The molecule has 2 amide bonds. The summed E-state index contributed by atoms with van der Waals surface area (Å²) >= 11 is 0. The third kappa shape index (κ3) is 2.52. The Morgan fingerprint density at radius 3 is 2.48 bits per heavy atom. The van der Waals surface area contributed by atoms with Crippen LogP contribution in [0.3, 0.4) is 0 Å². The first kappa shape index (κ1) is 15.5. The summed E-state index contributed by atoms with van der Waals surface area (Å²) in [6.45, 7) is 7.76. The SMILES string of the molecule is CCC1(CC)NC(=O)C(C(C)C)N(c2cccnc2)C1=O. The molecule has 1 fully saturated rings. The highest BCUT2D eigenvalue weighted by Crippen LogP contribution is 2.31. The molecule has 1 N–H and O–H groups in total. The second-order valence-corrected chi connectivity index (χ2v) is 5.85. The zero-order valence-electron chi connectivity index (χ0n) is 13.1. The Kier molecular flexibility index (Phi) is 4.30. The van der Waals surface area contributed by atoms with Crippen LogP contribution < -0.4 is 10.2 Å². The van der Waals surface area contributed by atoms with Gasteiger partial charge >= 0.3 is 0 Å². The van der Waals surface area contributed by atoms with Gasteiger partial charge in [-0.1, -0.05) is 27.7 Å². The first-order valence-electron chi connectivity index (χ1n) is 7.52. The first-order valence-corrected chi connectivity index (χ1v) is 7.52. The first-order chi connectivity index (χ1) is 9.96. The van der Waals surface area contributed by atoms with Gasteiger partial charge < -0.3 is 5.32 Å². The number of carbonyl (C=O) groups is 2. The van der Waals surface area contributed by atoms with Gasteiger partial charge in [0, 0.05) is 6.20 Å². The number of pyridine rings is 1. The number of hydrogen-bond acceptors (Lipinski definition) is 3. The normalized spacial score (nSPS) is 21.6. The summed E-state index contributed by atoms with van der Waals surface area (Å²) in [4.78, 5) is 31.3. The van der Waals surface area contributed by atoms with Crippen LogP contribution in [-0.4, -0.2) is 28.4 Å². The summed E-state index contributed by atoms with van der Waals surface area (Å²) in [5, 5.41) is 2.96. The fourth-order valence-corrected chi connectivity index (χ4v) is 2.94. The van der Waals surface area contributed by atoms with E-state index in [1.165, 1.54) is 0 Å². The smallest absolute Gasteiger partial charge is 0.253 e. The highest BCUT2D eigenvalue weighted by molar-refractivity contribution is 6.10. The van der Waals surface area contributed by atoms with E-state index in [0.29, 0.717) is 18.5 Å². The van der Waals surface area contributed by atoms with Crippen LogP contribution in [0.15, 0.2) is 24.5 Å². The highest BCUT2D eigenvalue weighted by atomic mass is 16.2. The molecule has 0 radical (unpaired) electrons. The second kappa shape index (κ2) is 5.84. The van der Waals surface area contributed by atoms with Gasteiger partial charge in [0.15, 0.2) is 0 Å². The number of anilines is 1. The molecule has 1 atom stereocenters. The zero-order valence-corrected chi connectivity index (χ0v) is 13.1. The minimum atomic E-state index is -0.807. The maximum atomic E-state index is 13.1. The number of aromatic nitrogens is 1. The van der Waals surface area contributed by atoms with E-state index >= 15 is 0 Å². The number of nitrogens with one attached hydrogen (secondary N) is 1. The van der Waals surface area contributed by atoms with Crippen molar-refractivity contribution >= 4 is 17.5 Å². The lowest BCUT2D eigenvalue weighted by Gasteiger charge is -2.46. The van der Waals surface area contributed by atoms with Gasteiger partial charge in [-0.3, -0.25) is 19.5 Å². The third-order valence-corrected chi connectivity index (χ3v) is 4.30. The fourth-order valence-electron chi connectivity index (χ4n) is 2.94. The van der Waals surface area contributed by atoms with Crippen molar-refractivity contribution in [3.8, 4) is 0 Å². The number of amides is 2. The maximum Gasteiger partial charge on any atom is 0.253 e. The molecule has 0 saturated carbocycles. The number of piperazine rings is 1. The van der Waals surface area contributed by atoms with Gasteiger partial charge in [-0.25, -0.2) is 0 Å². The third-order valence-electron chi connectivity index (χ3n) is 4.30. The minimum Gasteiger partial charge on any atom is -0.340 e. The van der Waals surface area contributed by atoms with E-state index in [1.807, 2.05) is 33.8 Å². The van der Waals surface area contributed by atoms with E-state index < -0.39 is 11.6 Å². The van der Waals surface area contributed by atoms with Gasteiger partial charge in [0.2, 0.25) is 5.91 Å². The monoisotopic (exact) mass is 289 g/mol. The molecule has 5 heteroatoms. The topological polar surface area (TPSA) is 62.3 Å². The molecule has 21 heavy (non-hydrogen) atoms. The van der Waals surface area contributed by atoms with Gasteiger partial charge in [-0.15, -0.1) is 0 Å². The Bertz CT molecular complexity index is 524. The molecular formula is C16H23N3O2. The Hall–Kier alpha value is -1.91. The summed E-state index contributed by atoms with van der Waals surface area (Å²) in [5.41, 5.74) is -0.125. The van der Waals surface area contributed by atoms with Gasteiger partial charge in [0.25, 0.3) is 5.91 Å². The number of carbonyl (C=O) groups excluding carboxylic acids is 2. The Morgan fingerprint density at radius 1 is 1.33 bits per heavy atom. The lowest BCUT2D eigenvalue weighted by atomic mass is 9.84. The van der Waals surface area contributed by atoms with Crippen LogP contribution in [0.25, 0.3) is 0 Å². The van der Waals surface area contributed by atoms with E-state index in [9.17, 15) is 9.59 Å². The summed E-state index contributed by atoms with van der Waals surface area (Å²) in [6.07, 6.45) is 4.46. The molecule has 2 rings (SSSR count). The molecular weight excluding hydrogens is 266 g/mol. The van der Waals surface area contributed by atoms with Gasteiger partial charge in [0.1, 0.15) is 11.6 Å². The second-order valence-electron chi connectivity index (χ2n) is 5.85. The van der Waals surface area contributed by atoms with Crippen molar-refractivity contribution in [3.05, 3.63) is 24.5 Å². The van der Waals surface area contributed by atoms with Gasteiger partial charge in [0.05, 0.1) is 11.9 Å². The van der Waals surface area contributed by atoms with Crippen LogP contribution in [0.2, 0.25) is 0 Å². The molecule has 2 heterocycles. The minimum absolute atomic E-state index is 0.0286. The van der Waals surface area contributed by atoms with Crippen molar-refractivity contribution in [2.45, 2.75) is 52.1 Å². The quantitative estimate of drug-likeness (QED) is 0.923. The summed E-state index contributed by atoms with van der Waals surface area (Å²) < 4.78 is 0. The van der Waals surface area contributed by atoms with Crippen molar-refractivity contribution in [1.82, 2.24) is 10.3 Å². The van der Waals surface area contributed by atoms with Crippen LogP contribution in [-0.2, 0) is 9.59 Å². The average molecular weight is 289 g/mol. The number of rotatable bonds is 4. The molecule has 1 aromatic rings. The van der Waals surface area contributed by atoms with E-state index in [-0.39, 0.29) is 17.7 Å². The molecule has 1 aliphatic heterocycles. The van der Waals surface area contributed by atoms with E-state index in [1.54, 1.807) is 23.4 Å². The van der Waals surface area contributed by atoms with Crippen LogP contribution >= 0.6 is 0 Å². The number of hydrogen-bond donors (Lipinski definition) is 1. The largest absolute Gasteiger partial charge is 0.340 e. The molecule has 114 valence electrons. The van der Waals surface area contributed by atoms with Crippen molar-refractivity contribution in [2.75, 3.05) is 4.90 Å². The Balaban J connectivity index is 2.53. The molecule has 0 aliphatic carbocycles. The summed E-state index contributed by atoms with van der Waals surface area (Å²) in [5.74, 6) is -0.100. The average Bonchev–Trinajstić information content (AvgIpc) is 2.49. The van der Waals surface area contributed by atoms with Crippen LogP contribution in [0.5, 0.6) is 0 Å². The molecule has 0 bridgehead atoms. The lowest BCUT2D eigenvalue weighted by molar-refractivity contribution is -0.139. The molecule has 0 spiro atoms. The van der Waals surface area contributed by atoms with Gasteiger partial charge in [-0.05, 0) is 30.9 Å². The van der Waals surface area contributed by atoms with E-state index in [2.05, 4.69) is 10.3 Å². The van der Waals surface area contributed by atoms with Crippen LogP contribution in [0.1, 0.15) is 40.5 Å². The highest BCUT2D eigenvalue weighted by Gasteiger charge is 2.50. The molecule has 0 aromatic carbocycles. The van der Waals surface area contributed by atoms with Crippen molar-refractivity contribution < 1.29 is 9.59 Å². The molecule has 5 nitrogen and oxygen atoms in total. The van der Waals surface area contributed by atoms with Crippen molar-refractivity contribution in [2.24, 2.45) is 5.92 Å². The lowest BCUT2D eigenvalue weighted by Crippen LogP contribution is -2.71. The van der Waals surface area contributed by atoms with Crippen molar-refractivity contribution in [3.63, 3.8) is 0 Å². The fraction of sp³-hybridized carbons (Fsp3) is 0.562. The van der Waals surface area contributed by atoms with Crippen LogP contribution in [0, 0.1) is 5.92 Å². The molecule has 1 aliphatic rings. The van der Waals surface area contributed by atoms with E-state index in [0.717, 1.165) is 0 Å². The maximum absolute atomic E-state index is 13.1. The van der Waals surface area contributed by atoms with Gasteiger partial charge in [-0.2, -0.15) is 0 Å². The van der Waals surface area contributed by atoms with Crippen LogP contribution in [0.4, 0.5) is 5.69 Å². The van der Waals surface area contributed by atoms with E-state index in [4.69, 9.17) is 0 Å². The predicted octanol–water partition coefficient (Wildman–Crippen LogP) is 2.13. The molecule has 1 saturated heterocycles. The molecule has 1 aromatic heterocycles. The molecule has 1 unspecified atom stereocenters. The number of nitrogens with zero attached hydrogens (tertiary/aromatic N) is 2. The summed E-state index contributed by atoms with van der Waals surface area (Å²) in [6, 6.07) is 3.12. The summed E-state index contributed by atoms with van der Waals surface area (Å²) in [7, 11) is 0.